The summed E-state index contributed by atoms with van der Waals surface area (Å²) in [6.07, 6.45) is 0. The maximum atomic E-state index is 6.53. The Bertz CT molecular complexity index is 2660. The van der Waals surface area contributed by atoms with E-state index in [-0.39, 0.29) is 0 Å². The van der Waals surface area contributed by atoms with Crippen LogP contribution in [-0.2, 0) is 0 Å². The van der Waals surface area contributed by atoms with Gasteiger partial charge in [0.25, 0.3) is 0 Å². The van der Waals surface area contributed by atoms with Crippen molar-refractivity contribution in [3.05, 3.63) is 109 Å². The van der Waals surface area contributed by atoms with E-state index in [1.807, 2.05) is 48.5 Å². The lowest BCUT2D eigenvalue weighted by Crippen LogP contribution is -1.78. The Kier molecular flexibility index (Phi) is 3.65. The van der Waals surface area contributed by atoms with Gasteiger partial charge in [-0.1, -0.05) is 48.5 Å². The fourth-order valence-corrected chi connectivity index (χ4v) is 6.40. The smallest absolute Gasteiger partial charge is 0.147 e. The molecule has 0 radical (unpaired) electrons. The molecule has 0 bridgehead atoms. The van der Waals surface area contributed by atoms with Gasteiger partial charge in [-0.05, 0) is 65.7 Å². The zero-order valence-corrected chi connectivity index (χ0v) is 21.0. The summed E-state index contributed by atoms with van der Waals surface area (Å²) in [5.41, 5.74) is 9.02. The topological polar surface area (TPSA) is 52.6 Å². The molecule has 0 saturated carbocycles. The number of hydrogen-bond acceptors (Lipinski definition) is 4. The zero-order chi connectivity index (χ0) is 25.9. The van der Waals surface area contributed by atoms with Gasteiger partial charge in [0.15, 0.2) is 0 Å². The number of rotatable bonds is 1. The number of fused-ring (bicyclic) bond motifs is 13. The third-order valence-electron chi connectivity index (χ3n) is 8.28. The third-order valence-corrected chi connectivity index (χ3v) is 8.28. The molecule has 4 aromatic heterocycles. The van der Waals surface area contributed by atoms with E-state index in [0.717, 1.165) is 98.9 Å². The maximum absolute atomic E-state index is 6.53. The molecule has 0 aliphatic heterocycles. The minimum Gasteiger partial charge on any atom is -0.456 e. The van der Waals surface area contributed by atoms with Gasteiger partial charge in [0.2, 0.25) is 0 Å². The molecular formula is C36H18O4. The summed E-state index contributed by atoms with van der Waals surface area (Å²) in [4.78, 5) is 0. The lowest BCUT2D eigenvalue weighted by molar-refractivity contribution is 0.656. The van der Waals surface area contributed by atoms with E-state index in [0.29, 0.717) is 0 Å². The first-order chi connectivity index (χ1) is 19.8. The Balaban J connectivity index is 1.18. The van der Waals surface area contributed by atoms with Gasteiger partial charge in [0, 0.05) is 43.8 Å². The van der Waals surface area contributed by atoms with Crippen molar-refractivity contribution in [3.8, 4) is 11.1 Å². The number of hydrogen-bond donors (Lipinski definition) is 0. The first-order valence-corrected chi connectivity index (χ1v) is 13.3. The summed E-state index contributed by atoms with van der Waals surface area (Å²) in [6.45, 7) is 0. The van der Waals surface area contributed by atoms with Crippen molar-refractivity contribution in [3.63, 3.8) is 0 Å². The quantitative estimate of drug-likeness (QED) is 0.219. The maximum Gasteiger partial charge on any atom is 0.147 e. The molecule has 40 heavy (non-hydrogen) atoms. The Morgan fingerprint density at radius 3 is 1.73 bits per heavy atom. The molecule has 0 spiro atoms. The average molecular weight is 515 g/mol. The van der Waals surface area contributed by atoms with Crippen molar-refractivity contribution in [2.75, 3.05) is 0 Å². The largest absolute Gasteiger partial charge is 0.456 e. The van der Waals surface area contributed by atoms with Crippen molar-refractivity contribution in [1.82, 2.24) is 0 Å². The van der Waals surface area contributed by atoms with Crippen LogP contribution < -0.4 is 0 Å². The van der Waals surface area contributed by atoms with E-state index in [9.17, 15) is 0 Å². The Morgan fingerprint density at radius 2 is 0.850 bits per heavy atom. The summed E-state index contributed by atoms with van der Waals surface area (Å²) in [5, 5.41) is 8.64. The van der Waals surface area contributed by atoms with Crippen LogP contribution >= 0.6 is 0 Å². The van der Waals surface area contributed by atoms with E-state index in [2.05, 4.69) is 60.7 Å². The number of benzene rings is 6. The highest BCUT2D eigenvalue weighted by Gasteiger charge is 2.17. The van der Waals surface area contributed by atoms with Crippen molar-refractivity contribution < 1.29 is 17.7 Å². The summed E-state index contributed by atoms with van der Waals surface area (Å²) >= 11 is 0. The molecular weight excluding hydrogens is 496 g/mol. The van der Waals surface area contributed by atoms with Gasteiger partial charge in [0.1, 0.15) is 44.7 Å². The highest BCUT2D eigenvalue weighted by Crippen LogP contribution is 2.41. The van der Waals surface area contributed by atoms with Crippen molar-refractivity contribution in [2.24, 2.45) is 0 Å². The van der Waals surface area contributed by atoms with Gasteiger partial charge in [-0.3, -0.25) is 0 Å². The second-order valence-electron chi connectivity index (χ2n) is 10.5. The molecule has 4 heteroatoms. The zero-order valence-electron chi connectivity index (χ0n) is 21.0. The summed E-state index contributed by atoms with van der Waals surface area (Å²) in [6, 6.07) is 37.4. The molecule has 10 rings (SSSR count). The van der Waals surface area contributed by atoms with Crippen LogP contribution in [0.2, 0.25) is 0 Å². The standard InChI is InChI=1S/C36H18O4/c1-3-7-28-21(5-1)26-17-27-25-15-19(10-13-30(25)39-34(27)18-33(26)38-28)20-9-11-22-23-12-14-31-35(36(23)40-32(22)16-20)24-6-2-4-8-29(24)37-31/h1-18H. The van der Waals surface area contributed by atoms with E-state index in [4.69, 9.17) is 17.7 Å². The first-order valence-electron chi connectivity index (χ1n) is 13.3. The summed E-state index contributed by atoms with van der Waals surface area (Å²) < 4.78 is 24.9. The SMILES string of the molecule is c1ccc2c(c1)oc1cc3oc4ccc(-c5ccc6c(c5)oc5c6ccc6oc7ccccc7c65)cc4c3cc12. The Hall–Kier alpha value is -5.48. The van der Waals surface area contributed by atoms with Crippen molar-refractivity contribution in [2.45, 2.75) is 0 Å². The fourth-order valence-electron chi connectivity index (χ4n) is 6.40. The predicted octanol–water partition coefficient (Wildman–Crippen LogP) is 11.0. The molecule has 0 fully saturated rings. The fraction of sp³-hybridized carbons (Fsp3) is 0. The predicted molar refractivity (Wildman–Crippen MR) is 161 cm³/mol. The van der Waals surface area contributed by atoms with Gasteiger partial charge in [-0.2, -0.15) is 0 Å². The molecule has 0 aliphatic carbocycles. The van der Waals surface area contributed by atoms with Crippen molar-refractivity contribution in [1.29, 1.82) is 0 Å². The molecule has 0 unspecified atom stereocenters. The first kappa shape index (κ1) is 20.5. The number of para-hydroxylation sites is 2. The monoisotopic (exact) mass is 514 g/mol. The summed E-state index contributed by atoms with van der Waals surface area (Å²) in [7, 11) is 0. The average Bonchev–Trinajstić information content (AvgIpc) is 3.74. The molecule has 4 heterocycles. The summed E-state index contributed by atoms with van der Waals surface area (Å²) in [5.74, 6) is 0. The molecule has 0 amide bonds. The molecule has 10 aromatic rings. The Morgan fingerprint density at radius 1 is 0.300 bits per heavy atom. The van der Waals surface area contributed by atoms with E-state index < -0.39 is 0 Å². The van der Waals surface area contributed by atoms with Gasteiger partial charge in [-0.25, -0.2) is 0 Å². The second-order valence-corrected chi connectivity index (χ2v) is 10.5. The van der Waals surface area contributed by atoms with Crippen LogP contribution in [0.1, 0.15) is 0 Å². The number of furan rings is 4. The minimum absolute atomic E-state index is 0.822. The highest BCUT2D eigenvalue weighted by molar-refractivity contribution is 6.22. The van der Waals surface area contributed by atoms with Crippen LogP contribution in [0.15, 0.2) is 127 Å². The third kappa shape index (κ3) is 2.60. The molecule has 6 aromatic carbocycles. The molecule has 0 atom stereocenters. The second kappa shape index (κ2) is 7.13. The minimum atomic E-state index is 0.822. The van der Waals surface area contributed by atoms with Crippen LogP contribution in [0.25, 0.3) is 98.9 Å². The van der Waals surface area contributed by atoms with Crippen LogP contribution in [0.3, 0.4) is 0 Å². The van der Waals surface area contributed by atoms with Crippen LogP contribution in [-0.4, -0.2) is 0 Å². The van der Waals surface area contributed by atoms with Crippen LogP contribution in [0.5, 0.6) is 0 Å². The molecule has 186 valence electrons. The molecule has 0 aliphatic rings. The highest BCUT2D eigenvalue weighted by atomic mass is 16.4. The molecule has 4 nitrogen and oxygen atoms in total. The van der Waals surface area contributed by atoms with E-state index >= 15 is 0 Å². The van der Waals surface area contributed by atoms with Gasteiger partial charge in [-0.15, -0.1) is 0 Å². The van der Waals surface area contributed by atoms with Gasteiger partial charge >= 0.3 is 0 Å². The van der Waals surface area contributed by atoms with Crippen LogP contribution in [0.4, 0.5) is 0 Å². The van der Waals surface area contributed by atoms with E-state index in [1.54, 1.807) is 0 Å². The normalized spacial score (nSPS) is 12.5. The molecule has 0 N–H and O–H groups in total. The lowest BCUT2D eigenvalue weighted by atomic mass is 10.0. The van der Waals surface area contributed by atoms with Crippen LogP contribution in [0, 0.1) is 0 Å². The van der Waals surface area contributed by atoms with Gasteiger partial charge in [0.05, 0.1) is 5.39 Å². The van der Waals surface area contributed by atoms with E-state index in [1.165, 1.54) is 0 Å². The van der Waals surface area contributed by atoms with Gasteiger partial charge < -0.3 is 17.7 Å². The Labute approximate surface area is 225 Å². The van der Waals surface area contributed by atoms with Crippen molar-refractivity contribution >= 4 is 87.8 Å². The molecule has 0 saturated heterocycles. The lowest BCUT2D eigenvalue weighted by Gasteiger charge is -2.02.